The highest BCUT2D eigenvalue weighted by molar-refractivity contribution is 7.99. The van der Waals surface area contributed by atoms with Crippen LogP contribution in [0.25, 0.3) is 0 Å². The van der Waals surface area contributed by atoms with Crippen LogP contribution in [0.1, 0.15) is 23.2 Å². The maximum Gasteiger partial charge on any atom is 0.329 e. The van der Waals surface area contributed by atoms with Gasteiger partial charge in [0.15, 0.2) is 0 Å². The minimum absolute atomic E-state index is 0.0238. The monoisotopic (exact) mass is 362 g/mol. The van der Waals surface area contributed by atoms with E-state index in [-0.39, 0.29) is 10.7 Å². The smallest absolute Gasteiger partial charge is 0.329 e. The second-order valence-corrected chi connectivity index (χ2v) is 8.70. The number of nitrogens with one attached hydrogen (secondary N) is 1. The lowest BCUT2D eigenvalue weighted by Crippen LogP contribution is -2.56. The first-order chi connectivity index (χ1) is 10.7. The maximum atomic E-state index is 12.3. The molecule has 1 amide bonds. The minimum atomic E-state index is -3.79. The third kappa shape index (κ3) is 3.54. The van der Waals surface area contributed by atoms with Crippen molar-refractivity contribution in [3.63, 3.8) is 0 Å². The van der Waals surface area contributed by atoms with Gasteiger partial charge in [-0.1, -0.05) is 0 Å². The number of thioether (sulfide) groups is 1. The predicted octanol–water partition coefficient (Wildman–Crippen LogP) is 0.610. The molecule has 0 aliphatic carbocycles. The zero-order valence-corrected chi connectivity index (χ0v) is 14.4. The summed E-state index contributed by atoms with van der Waals surface area (Å²) in [4.78, 5) is 23.8. The summed E-state index contributed by atoms with van der Waals surface area (Å²) in [5.41, 5.74) is -1.34. The Labute approximate surface area is 138 Å². The quantitative estimate of drug-likeness (QED) is 0.788. The van der Waals surface area contributed by atoms with Crippen molar-refractivity contribution in [3.8, 4) is 0 Å². The van der Waals surface area contributed by atoms with Crippen LogP contribution in [0.3, 0.4) is 0 Å². The Morgan fingerprint density at radius 2 is 1.96 bits per heavy atom. The Morgan fingerprint density at radius 1 is 1.35 bits per heavy atom. The number of carboxylic acids is 1. The highest BCUT2D eigenvalue weighted by atomic mass is 32.2. The lowest BCUT2D eigenvalue weighted by atomic mass is 9.92. The van der Waals surface area contributed by atoms with Gasteiger partial charge in [-0.3, -0.25) is 4.79 Å². The molecule has 1 saturated heterocycles. The topological polar surface area (TPSA) is 117 Å². The van der Waals surface area contributed by atoms with E-state index in [2.05, 4.69) is 5.32 Å². The summed E-state index contributed by atoms with van der Waals surface area (Å²) in [5, 5.41) is 11.6. The zero-order chi connectivity index (χ0) is 17.3. The molecule has 0 atom stereocenters. The molecule has 0 radical (unpaired) electrons. The van der Waals surface area contributed by atoms with E-state index in [1.165, 1.54) is 14.1 Å². The summed E-state index contributed by atoms with van der Waals surface area (Å²) in [7, 11) is -1.10. The molecular formula is C13H18N2O6S2. The van der Waals surface area contributed by atoms with Crippen molar-refractivity contribution in [2.45, 2.75) is 23.5 Å². The molecule has 0 spiro atoms. The molecule has 0 unspecified atom stereocenters. The average Bonchev–Trinajstić information content (AvgIpc) is 2.98. The van der Waals surface area contributed by atoms with Crippen LogP contribution in [0.4, 0.5) is 0 Å². The summed E-state index contributed by atoms with van der Waals surface area (Å²) in [6.07, 6.45) is 1.65. The highest BCUT2D eigenvalue weighted by Gasteiger charge is 2.41. The van der Waals surface area contributed by atoms with Gasteiger partial charge in [0.1, 0.15) is 11.8 Å². The van der Waals surface area contributed by atoms with Gasteiger partial charge in [-0.25, -0.2) is 17.5 Å². The number of furan rings is 1. The van der Waals surface area contributed by atoms with Gasteiger partial charge in [-0.2, -0.15) is 11.8 Å². The summed E-state index contributed by atoms with van der Waals surface area (Å²) in [5.74, 6) is -0.477. The molecule has 0 bridgehead atoms. The lowest BCUT2D eigenvalue weighted by Gasteiger charge is -2.33. The average molecular weight is 362 g/mol. The van der Waals surface area contributed by atoms with Crippen molar-refractivity contribution in [2.24, 2.45) is 0 Å². The van der Waals surface area contributed by atoms with Gasteiger partial charge in [0.05, 0.1) is 5.56 Å². The SMILES string of the molecule is CN(C)S(=O)(=O)c1cc(C(=O)NC2(C(=O)O)CCSCC2)co1. The molecule has 0 aromatic carbocycles. The van der Waals surface area contributed by atoms with Crippen LogP contribution >= 0.6 is 11.8 Å². The fourth-order valence-corrected chi connectivity index (χ4v) is 4.15. The number of carboxylic acid groups (broad SMARTS) is 1. The second kappa shape index (κ2) is 6.54. The lowest BCUT2D eigenvalue weighted by molar-refractivity contribution is -0.144. The third-order valence-corrected chi connectivity index (χ3v) is 6.35. The zero-order valence-electron chi connectivity index (χ0n) is 12.7. The third-order valence-electron chi connectivity index (χ3n) is 3.68. The van der Waals surface area contributed by atoms with Crippen molar-refractivity contribution in [1.82, 2.24) is 9.62 Å². The van der Waals surface area contributed by atoms with Crippen molar-refractivity contribution in [2.75, 3.05) is 25.6 Å². The Bertz CT molecular complexity index is 704. The summed E-state index contributed by atoms with van der Waals surface area (Å²) in [6, 6.07) is 1.10. The molecule has 10 heteroatoms. The van der Waals surface area contributed by atoms with Gasteiger partial charge in [0, 0.05) is 20.2 Å². The van der Waals surface area contributed by atoms with Crippen LogP contribution in [0, 0.1) is 0 Å². The molecule has 2 heterocycles. The highest BCUT2D eigenvalue weighted by Crippen LogP contribution is 2.28. The molecule has 128 valence electrons. The van der Waals surface area contributed by atoms with E-state index >= 15 is 0 Å². The Hall–Kier alpha value is -1.52. The van der Waals surface area contributed by atoms with E-state index < -0.39 is 27.4 Å². The predicted molar refractivity (Wildman–Crippen MR) is 84.0 cm³/mol. The molecule has 2 N–H and O–H groups in total. The molecular weight excluding hydrogens is 344 g/mol. The Balaban J connectivity index is 2.21. The van der Waals surface area contributed by atoms with Crippen LogP contribution in [-0.4, -0.2) is 60.8 Å². The summed E-state index contributed by atoms with van der Waals surface area (Å²) in [6.45, 7) is 0. The molecule has 2 rings (SSSR count). The molecule has 1 aliphatic heterocycles. The molecule has 1 aromatic rings. The van der Waals surface area contributed by atoms with Crippen molar-refractivity contribution in [1.29, 1.82) is 0 Å². The van der Waals surface area contributed by atoms with Crippen LogP contribution in [0.15, 0.2) is 21.8 Å². The number of carbonyl (C=O) groups excluding carboxylic acids is 1. The van der Waals surface area contributed by atoms with Gasteiger partial charge < -0.3 is 14.8 Å². The molecule has 1 aliphatic rings. The van der Waals surface area contributed by atoms with Gasteiger partial charge in [0.2, 0.25) is 5.09 Å². The van der Waals surface area contributed by atoms with Crippen LogP contribution < -0.4 is 5.32 Å². The molecule has 23 heavy (non-hydrogen) atoms. The van der Waals surface area contributed by atoms with E-state index in [1.54, 1.807) is 11.8 Å². The normalized spacial score (nSPS) is 17.9. The largest absolute Gasteiger partial charge is 0.480 e. The van der Waals surface area contributed by atoms with Crippen LogP contribution in [0.5, 0.6) is 0 Å². The number of hydrogen-bond donors (Lipinski definition) is 2. The maximum absolute atomic E-state index is 12.3. The number of carbonyl (C=O) groups is 2. The summed E-state index contributed by atoms with van der Waals surface area (Å²) < 4.78 is 29.8. The first kappa shape index (κ1) is 17.8. The van der Waals surface area contributed by atoms with E-state index in [0.717, 1.165) is 16.6 Å². The number of aliphatic carboxylic acids is 1. The van der Waals surface area contributed by atoms with Crippen molar-refractivity contribution < 1.29 is 27.5 Å². The van der Waals surface area contributed by atoms with E-state index in [4.69, 9.17) is 4.42 Å². The number of nitrogens with zero attached hydrogens (tertiary/aromatic N) is 1. The first-order valence-electron chi connectivity index (χ1n) is 6.84. The number of rotatable bonds is 5. The van der Waals surface area contributed by atoms with Gasteiger partial charge in [0.25, 0.3) is 15.9 Å². The first-order valence-corrected chi connectivity index (χ1v) is 9.43. The number of hydrogen-bond acceptors (Lipinski definition) is 6. The second-order valence-electron chi connectivity index (χ2n) is 5.40. The Morgan fingerprint density at radius 3 is 2.48 bits per heavy atom. The molecule has 0 saturated carbocycles. The fraction of sp³-hybridized carbons (Fsp3) is 0.538. The summed E-state index contributed by atoms with van der Waals surface area (Å²) >= 11 is 1.63. The number of amides is 1. The van der Waals surface area contributed by atoms with E-state index in [0.29, 0.717) is 24.3 Å². The van der Waals surface area contributed by atoms with Gasteiger partial charge in [-0.15, -0.1) is 0 Å². The number of sulfonamides is 1. The minimum Gasteiger partial charge on any atom is -0.480 e. The van der Waals surface area contributed by atoms with Gasteiger partial charge >= 0.3 is 5.97 Å². The molecule has 8 nitrogen and oxygen atoms in total. The Kier molecular flexibility index (Phi) is 5.07. The van der Waals surface area contributed by atoms with Gasteiger partial charge in [-0.05, 0) is 24.3 Å². The fourth-order valence-electron chi connectivity index (χ4n) is 2.15. The van der Waals surface area contributed by atoms with Crippen molar-refractivity contribution in [3.05, 3.63) is 17.9 Å². The van der Waals surface area contributed by atoms with E-state index in [9.17, 15) is 23.1 Å². The van der Waals surface area contributed by atoms with E-state index in [1.807, 2.05) is 0 Å². The standard InChI is InChI=1S/C13H18N2O6S2/c1-15(2)23(19,20)10-7-9(8-21-10)11(16)14-13(12(17)18)3-5-22-6-4-13/h7-8H,3-6H2,1-2H3,(H,14,16)(H,17,18). The van der Waals surface area contributed by atoms with Crippen molar-refractivity contribution >= 4 is 33.7 Å². The van der Waals surface area contributed by atoms with Crippen LogP contribution in [-0.2, 0) is 14.8 Å². The molecule has 1 aromatic heterocycles. The van der Waals surface area contributed by atoms with Crippen LogP contribution in [0.2, 0.25) is 0 Å². The molecule has 1 fully saturated rings.